The number of nitrogens with zero attached hydrogens (tertiary/aromatic N) is 4. The number of aliphatic imine (C=N–C) groups is 1. The van der Waals surface area contributed by atoms with Crippen LogP contribution in [0.4, 0.5) is 21.5 Å². The summed E-state index contributed by atoms with van der Waals surface area (Å²) in [7, 11) is 0. The fourth-order valence-electron chi connectivity index (χ4n) is 4.94. The summed E-state index contributed by atoms with van der Waals surface area (Å²) in [5.74, 6) is -0.993. The molecular formula is C28H32FN7O4. The van der Waals surface area contributed by atoms with E-state index in [1.54, 1.807) is 23.2 Å². The van der Waals surface area contributed by atoms with Crippen LogP contribution in [0.3, 0.4) is 0 Å². The Morgan fingerprint density at radius 2 is 1.95 bits per heavy atom. The third kappa shape index (κ3) is 5.82. The molecular weight excluding hydrogens is 517 g/mol. The largest absolute Gasteiger partial charge is 0.395 e. The molecule has 1 unspecified atom stereocenters. The molecule has 5 rings (SSSR count). The van der Waals surface area contributed by atoms with Gasteiger partial charge in [0.25, 0.3) is 5.91 Å². The number of hydrogen-bond donors (Lipinski definition) is 4. The second-order valence-electron chi connectivity index (χ2n) is 9.80. The van der Waals surface area contributed by atoms with Gasteiger partial charge in [-0.2, -0.15) is 5.10 Å². The van der Waals surface area contributed by atoms with Crippen molar-refractivity contribution in [1.29, 1.82) is 0 Å². The second kappa shape index (κ2) is 11.8. The number of anilines is 3. The summed E-state index contributed by atoms with van der Waals surface area (Å²) in [6.45, 7) is 6.58. The van der Waals surface area contributed by atoms with Crippen molar-refractivity contribution in [2.75, 3.05) is 61.5 Å². The molecule has 4 N–H and O–H groups in total. The summed E-state index contributed by atoms with van der Waals surface area (Å²) in [6.07, 6.45) is 1.42. The average Bonchev–Trinajstić information content (AvgIpc) is 3.30. The van der Waals surface area contributed by atoms with Crippen LogP contribution in [-0.2, 0) is 9.53 Å². The van der Waals surface area contributed by atoms with Gasteiger partial charge < -0.3 is 30.7 Å². The van der Waals surface area contributed by atoms with E-state index >= 15 is 0 Å². The molecule has 12 heteroatoms. The number of amides is 2. The molecule has 11 nitrogen and oxygen atoms in total. The maximum atomic E-state index is 14.4. The molecule has 2 aromatic rings. The van der Waals surface area contributed by atoms with Crippen molar-refractivity contribution >= 4 is 41.1 Å². The van der Waals surface area contributed by atoms with E-state index in [0.29, 0.717) is 61.4 Å². The van der Waals surface area contributed by atoms with Crippen molar-refractivity contribution in [3.8, 4) is 0 Å². The molecule has 3 aliphatic heterocycles. The minimum Gasteiger partial charge on any atom is -0.395 e. The van der Waals surface area contributed by atoms with Gasteiger partial charge in [-0.3, -0.25) is 14.6 Å². The standard InChI is InChI=1S/C28H32FN7O4/c1-17-3-4-21(33-27(38)19-11-20(29)13-22(12-19)35-6-9-40-10-7-35)14-24(17)34-26-25-18(2)23(28(39)30-5-8-37)15-36(25)32-16-31-26/h3-4,11-14,16,23,37H,5-10,15H2,1-2H3,(H,30,39)(H,33,38)(H,31,32,34). The van der Waals surface area contributed by atoms with Gasteiger partial charge in [0, 0.05) is 42.3 Å². The number of nitrogens with one attached hydrogen (secondary N) is 3. The zero-order chi connectivity index (χ0) is 28.2. The molecule has 0 aromatic heterocycles. The molecule has 2 aromatic carbocycles. The van der Waals surface area contributed by atoms with E-state index in [4.69, 9.17) is 9.84 Å². The van der Waals surface area contributed by atoms with Crippen LogP contribution >= 0.6 is 0 Å². The number of aliphatic hydroxyl groups excluding tert-OH is 1. The number of morpholine rings is 1. The normalized spacial score (nSPS) is 18.4. The molecule has 3 aliphatic rings. The first-order valence-electron chi connectivity index (χ1n) is 13.1. The Labute approximate surface area is 231 Å². The van der Waals surface area contributed by atoms with Crippen LogP contribution in [-0.4, -0.2) is 80.1 Å². The molecule has 2 amide bonds. The monoisotopic (exact) mass is 549 g/mol. The molecule has 0 radical (unpaired) electrons. The van der Waals surface area contributed by atoms with Crippen molar-refractivity contribution in [2.45, 2.75) is 13.8 Å². The summed E-state index contributed by atoms with van der Waals surface area (Å²) in [6, 6.07) is 9.75. The van der Waals surface area contributed by atoms with Gasteiger partial charge in [0.1, 0.15) is 17.9 Å². The quantitative estimate of drug-likeness (QED) is 0.417. The molecule has 40 heavy (non-hydrogen) atoms. The van der Waals surface area contributed by atoms with Crippen molar-refractivity contribution in [2.24, 2.45) is 16.0 Å². The molecule has 0 spiro atoms. The summed E-state index contributed by atoms with van der Waals surface area (Å²) in [5.41, 5.74) is 4.51. The van der Waals surface area contributed by atoms with Gasteiger partial charge in [0.15, 0.2) is 5.84 Å². The van der Waals surface area contributed by atoms with Gasteiger partial charge in [-0.1, -0.05) is 6.07 Å². The first-order chi connectivity index (χ1) is 19.3. The van der Waals surface area contributed by atoms with Crippen LogP contribution in [0, 0.1) is 18.7 Å². The Morgan fingerprint density at radius 3 is 2.73 bits per heavy atom. The van der Waals surface area contributed by atoms with Gasteiger partial charge in [0.2, 0.25) is 5.91 Å². The van der Waals surface area contributed by atoms with E-state index in [1.807, 2.05) is 24.8 Å². The van der Waals surface area contributed by atoms with Crippen LogP contribution in [0.5, 0.6) is 0 Å². The minimum atomic E-state index is -0.481. The summed E-state index contributed by atoms with van der Waals surface area (Å²) >= 11 is 0. The lowest BCUT2D eigenvalue weighted by Gasteiger charge is -2.29. The van der Waals surface area contributed by atoms with Crippen LogP contribution in [0.1, 0.15) is 22.8 Å². The molecule has 1 saturated heterocycles. The van der Waals surface area contributed by atoms with Gasteiger partial charge in [-0.15, -0.1) is 0 Å². The number of carbonyl (C=O) groups is 2. The van der Waals surface area contributed by atoms with E-state index < -0.39 is 17.6 Å². The highest BCUT2D eigenvalue weighted by atomic mass is 19.1. The molecule has 0 aliphatic carbocycles. The molecule has 0 bridgehead atoms. The van der Waals surface area contributed by atoms with Gasteiger partial charge in [-0.25, -0.2) is 9.38 Å². The molecule has 210 valence electrons. The first kappa shape index (κ1) is 27.3. The van der Waals surface area contributed by atoms with Crippen LogP contribution in [0.2, 0.25) is 0 Å². The highest BCUT2D eigenvalue weighted by Gasteiger charge is 2.37. The van der Waals surface area contributed by atoms with Crippen molar-refractivity contribution in [3.63, 3.8) is 0 Å². The van der Waals surface area contributed by atoms with E-state index in [1.165, 1.54) is 18.5 Å². The lowest BCUT2D eigenvalue weighted by Crippen LogP contribution is -2.36. The summed E-state index contributed by atoms with van der Waals surface area (Å²) in [4.78, 5) is 32.1. The Morgan fingerprint density at radius 1 is 1.15 bits per heavy atom. The zero-order valence-corrected chi connectivity index (χ0v) is 22.4. The van der Waals surface area contributed by atoms with Gasteiger partial charge >= 0.3 is 0 Å². The summed E-state index contributed by atoms with van der Waals surface area (Å²) in [5, 5.41) is 24.0. The Bertz CT molecular complexity index is 1400. The number of amidine groups is 1. The predicted octanol–water partition coefficient (Wildman–Crippen LogP) is 2.30. The highest BCUT2D eigenvalue weighted by molar-refractivity contribution is 6.13. The van der Waals surface area contributed by atoms with Gasteiger partial charge in [0.05, 0.1) is 32.3 Å². The fourth-order valence-corrected chi connectivity index (χ4v) is 4.94. The zero-order valence-electron chi connectivity index (χ0n) is 22.4. The number of rotatable bonds is 7. The smallest absolute Gasteiger partial charge is 0.255 e. The first-order valence-corrected chi connectivity index (χ1v) is 13.1. The Balaban J connectivity index is 1.33. The van der Waals surface area contributed by atoms with Crippen LogP contribution in [0.25, 0.3) is 0 Å². The number of halogens is 1. The highest BCUT2D eigenvalue weighted by Crippen LogP contribution is 2.32. The molecule has 1 atom stereocenters. The lowest BCUT2D eigenvalue weighted by atomic mass is 10.0. The fraction of sp³-hybridized carbons (Fsp3) is 0.357. The van der Waals surface area contributed by atoms with Crippen LogP contribution in [0.15, 0.2) is 57.8 Å². The van der Waals surface area contributed by atoms with Crippen molar-refractivity contribution in [3.05, 3.63) is 64.6 Å². The lowest BCUT2D eigenvalue weighted by molar-refractivity contribution is -0.124. The predicted molar refractivity (Wildman–Crippen MR) is 151 cm³/mol. The maximum absolute atomic E-state index is 14.4. The number of ether oxygens (including phenoxy) is 1. The second-order valence-corrected chi connectivity index (χ2v) is 9.80. The van der Waals surface area contributed by atoms with Crippen molar-refractivity contribution < 1.29 is 23.8 Å². The third-order valence-corrected chi connectivity index (χ3v) is 7.11. The van der Waals surface area contributed by atoms with E-state index in [9.17, 15) is 14.0 Å². The number of aryl methyl sites for hydroxylation is 1. The Kier molecular flexibility index (Phi) is 8.08. The van der Waals surface area contributed by atoms with Crippen LogP contribution < -0.4 is 20.9 Å². The number of benzene rings is 2. The third-order valence-electron chi connectivity index (χ3n) is 7.11. The molecule has 1 fully saturated rings. The number of fused-ring (bicyclic) bond motifs is 1. The maximum Gasteiger partial charge on any atom is 0.255 e. The van der Waals surface area contributed by atoms with E-state index in [2.05, 4.69) is 26.0 Å². The SMILES string of the molecule is CC1=C2C(Nc3cc(NC(=O)c4cc(F)cc(N5CCOCC5)c4)ccc3C)=NC=NN2CC1C(=O)NCCO. The summed E-state index contributed by atoms with van der Waals surface area (Å²) < 4.78 is 19.8. The number of hydrogen-bond acceptors (Lipinski definition) is 9. The van der Waals surface area contributed by atoms with E-state index in [0.717, 1.165) is 11.1 Å². The number of aliphatic hydroxyl groups is 1. The van der Waals surface area contributed by atoms with E-state index in [-0.39, 0.29) is 24.6 Å². The molecule has 0 saturated carbocycles. The minimum absolute atomic E-state index is 0.134. The van der Waals surface area contributed by atoms with Gasteiger partial charge in [-0.05, 0) is 55.3 Å². The average molecular weight is 550 g/mol. The number of carbonyl (C=O) groups excluding carboxylic acids is 2. The number of hydrazone groups is 1. The van der Waals surface area contributed by atoms with Crippen molar-refractivity contribution in [1.82, 2.24) is 10.3 Å². The molecule has 3 heterocycles. The Hall–Kier alpha value is -4.29. The topological polar surface area (TPSA) is 131 Å².